The minimum atomic E-state index is -0.181. The zero-order valence-corrected chi connectivity index (χ0v) is 32.3. The third kappa shape index (κ3) is 9.66. The molecule has 53 heavy (non-hydrogen) atoms. The van der Waals surface area contributed by atoms with Gasteiger partial charge in [0.2, 0.25) is 11.5 Å². The Bertz CT molecular complexity index is 1740. The molecule has 2 aliphatic heterocycles. The van der Waals surface area contributed by atoms with E-state index in [0.717, 1.165) is 51.0 Å². The molecule has 1 atom stereocenters. The summed E-state index contributed by atoms with van der Waals surface area (Å²) < 4.78 is 24.4. The maximum atomic E-state index is 13.9. The van der Waals surface area contributed by atoms with Crippen LogP contribution in [-0.2, 0) is 16.7 Å². The maximum absolute atomic E-state index is 13.9. The Morgan fingerprint density at radius 1 is 0.943 bits per heavy atom. The average Bonchev–Trinajstić information content (AvgIpc) is 3.81. The number of amides is 1. The van der Waals surface area contributed by atoms with E-state index >= 15 is 0 Å². The summed E-state index contributed by atoms with van der Waals surface area (Å²) in [5, 5.41) is 0. The minimum absolute atomic E-state index is 0.0559. The Morgan fingerprint density at radius 3 is 2.30 bits per heavy atom. The van der Waals surface area contributed by atoms with Gasteiger partial charge < -0.3 is 33.3 Å². The number of piperidine rings is 1. The van der Waals surface area contributed by atoms with Gasteiger partial charge in [-0.15, -0.1) is 0 Å². The van der Waals surface area contributed by atoms with Gasteiger partial charge in [0, 0.05) is 36.5 Å². The van der Waals surface area contributed by atoms with Gasteiger partial charge in [-0.3, -0.25) is 9.59 Å². The van der Waals surface area contributed by atoms with Crippen LogP contribution in [0.15, 0.2) is 78.5 Å². The van der Waals surface area contributed by atoms with Crippen molar-refractivity contribution in [3.8, 4) is 17.2 Å². The molecule has 0 saturated carbocycles. The van der Waals surface area contributed by atoms with Crippen LogP contribution >= 0.6 is 0 Å². The van der Waals surface area contributed by atoms with Crippen molar-refractivity contribution < 1.29 is 28.5 Å². The fourth-order valence-corrected chi connectivity index (χ4v) is 7.47. The fourth-order valence-electron chi connectivity index (χ4n) is 7.47. The number of ether oxygens (including phenoxy) is 4. The number of ketones is 1. The molecule has 1 unspecified atom stereocenters. The number of aromatic nitrogens is 2. The maximum Gasteiger partial charge on any atom is 0.254 e. The van der Waals surface area contributed by atoms with Crippen LogP contribution in [0.3, 0.4) is 0 Å². The molecule has 10 heteroatoms. The van der Waals surface area contributed by atoms with Crippen molar-refractivity contribution in [2.45, 2.75) is 58.4 Å². The zero-order chi connectivity index (χ0) is 37.8. The highest BCUT2D eigenvalue weighted by Gasteiger charge is 2.42. The summed E-state index contributed by atoms with van der Waals surface area (Å²) in [6.45, 7) is 11.5. The van der Waals surface area contributed by atoms with Crippen LogP contribution in [0.2, 0.25) is 0 Å². The number of likely N-dealkylation sites (tertiary alicyclic amines) is 2. The first-order chi connectivity index (χ1) is 25.7. The third-order valence-corrected chi connectivity index (χ3v) is 10.5. The molecule has 284 valence electrons. The second-order valence-electron chi connectivity index (χ2n) is 14.2. The van der Waals surface area contributed by atoms with Crippen LogP contribution in [0.5, 0.6) is 17.2 Å². The molecule has 1 amide bonds. The van der Waals surface area contributed by atoms with E-state index in [2.05, 4.69) is 54.1 Å². The Hall–Kier alpha value is -4.67. The number of rotatable bonds is 17. The molecule has 0 radical (unpaired) electrons. The number of methoxy groups -OCH3 is 3. The monoisotopic (exact) mass is 724 g/mol. The Kier molecular flexibility index (Phi) is 14.1. The lowest BCUT2D eigenvalue weighted by Gasteiger charge is -2.36. The highest BCUT2D eigenvalue weighted by molar-refractivity contribution is 5.96. The molecular formula is C43H56N4O6. The minimum Gasteiger partial charge on any atom is -0.493 e. The van der Waals surface area contributed by atoms with E-state index in [-0.39, 0.29) is 23.0 Å². The number of hydrogen-bond donors (Lipinski definition) is 0. The van der Waals surface area contributed by atoms with E-state index in [1.165, 1.54) is 11.1 Å². The summed E-state index contributed by atoms with van der Waals surface area (Å²) in [4.78, 5) is 36.9. The first-order valence-electron chi connectivity index (χ1n) is 18.7. The molecule has 2 saturated heterocycles. The van der Waals surface area contributed by atoms with Crippen molar-refractivity contribution in [2.75, 3.05) is 67.3 Å². The van der Waals surface area contributed by atoms with Gasteiger partial charge in [0.05, 0.1) is 46.4 Å². The van der Waals surface area contributed by atoms with Crippen molar-refractivity contribution in [3.05, 3.63) is 101 Å². The number of Topliss-reactive ketones (excluding diaryl/α,β-unsaturated/α-hetero) is 1. The predicted octanol–water partition coefficient (Wildman–Crippen LogP) is 7.25. The summed E-state index contributed by atoms with van der Waals surface area (Å²) in [6.07, 6.45) is 15.1. The fraction of sp³-hybridized carbons (Fsp3) is 0.465. The van der Waals surface area contributed by atoms with E-state index in [9.17, 15) is 9.59 Å². The lowest BCUT2D eigenvalue weighted by atomic mass is 9.76. The number of nitrogens with zero attached hydrogens (tertiary/aromatic N) is 4. The Balaban J connectivity index is 1.24. The summed E-state index contributed by atoms with van der Waals surface area (Å²) in [6, 6.07) is 14.0. The van der Waals surface area contributed by atoms with Gasteiger partial charge in [0.25, 0.3) is 5.91 Å². The van der Waals surface area contributed by atoms with Gasteiger partial charge in [-0.05, 0) is 89.9 Å². The molecule has 1 aromatic heterocycles. The van der Waals surface area contributed by atoms with Gasteiger partial charge in [-0.2, -0.15) is 0 Å². The number of allylic oxidation sites excluding steroid dienone is 4. The van der Waals surface area contributed by atoms with Crippen LogP contribution in [-0.4, -0.2) is 98.3 Å². The summed E-state index contributed by atoms with van der Waals surface area (Å²) in [7, 11) is 4.67. The molecule has 0 bridgehead atoms. The number of imidazole rings is 1. The second-order valence-corrected chi connectivity index (χ2v) is 14.2. The van der Waals surface area contributed by atoms with Gasteiger partial charge in [-0.25, -0.2) is 4.98 Å². The Morgan fingerprint density at radius 2 is 1.66 bits per heavy atom. The van der Waals surface area contributed by atoms with Crippen molar-refractivity contribution in [2.24, 2.45) is 5.92 Å². The lowest BCUT2D eigenvalue weighted by molar-refractivity contribution is 0.0777. The van der Waals surface area contributed by atoms with Crippen molar-refractivity contribution >= 4 is 17.8 Å². The van der Waals surface area contributed by atoms with Crippen LogP contribution < -0.4 is 14.2 Å². The highest BCUT2D eigenvalue weighted by Crippen LogP contribution is 2.41. The molecule has 2 aromatic carbocycles. The first-order valence-corrected chi connectivity index (χ1v) is 18.7. The van der Waals surface area contributed by atoms with Crippen LogP contribution in [0.25, 0.3) is 6.08 Å². The molecule has 5 rings (SSSR count). The van der Waals surface area contributed by atoms with Gasteiger partial charge >= 0.3 is 0 Å². The van der Waals surface area contributed by atoms with E-state index in [1.807, 2.05) is 46.8 Å². The topological polar surface area (TPSA) is 95.4 Å². The normalized spacial score (nSPS) is 18.2. The number of carbonyl (C=O) groups is 2. The largest absolute Gasteiger partial charge is 0.493 e. The molecule has 2 fully saturated rings. The average molecular weight is 725 g/mol. The summed E-state index contributed by atoms with van der Waals surface area (Å²) >= 11 is 0. The second kappa shape index (κ2) is 18.9. The number of carbonyl (C=O) groups excluding carboxylic acids is 2. The van der Waals surface area contributed by atoms with E-state index in [4.69, 9.17) is 18.9 Å². The van der Waals surface area contributed by atoms with Crippen LogP contribution in [0.1, 0.15) is 78.7 Å². The number of benzene rings is 2. The molecule has 2 aliphatic rings. The van der Waals surface area contributed by atoms with Gasteiger partial charge in [-0.1, -0.05) is 60.2 Å². The lowest BCUT2D eigenvalue weighted by Crippen LogP contribution is -2.41. The Labute approximate surface area is 315 Å². The summed E-state index contributed by atoms with van der Waals surface area (Å²) in [5.41, 5.74) is 3.69. The van der Waals surface area contributed by atoms with Crippen molar-refractivity contribution in [1.82, 2.24) is 19.4 Å². The van der Waals surface area contributed by atoms with E-state index in [1.54, 1.807) is 39.7 Å². The molecule has 0 aliphatic carbocycles. The molecular weight excluding hydrogens is 668 g/mol. The van der Waals surface area contributed by atoms with E-state index in [0.29, 0.717) is 61.5 Å². The number of hydrogen-bond acceptors (Lipinski definition) is 8. The molecule has 0 N–H and O–H groups in total. The predicted molar refractivity (Wildman–Crippen MR) is 209 cm³/mol. The molecule has 0 spiro atoms. The highest BCUT2D eigenvalue weighted by atomic mass is 16.5. The SMILES string of the molecule is CC=CC=Cc1cnc(C(=O)C2CCN(CCC3(c4ccccc4)CCN(C(=O)c4cc(OC)c(OC)c(OC)c4)C3)CC2)n1CCOCC=C(C)C. The first kappa shape index (κ1) is 39.5. The van der Waals surface area contributed by atoms with Gasteiger partial charge in [0.15, 0.2) is 17.3 Å². The molecule has 3 heterocycles. The van der Waals surface area contributed by atoms with Crippen LogP contribution in [0.4, 0.5) is 0 Å². The van der Waals surface area contributed by atoms with Crippen molar-refractivity contribution in [3.63, 3.8) is 0 Å². The third-order valence-electron chi connectivity index (χ3n) is 10.5. The van der Waals surface area contributed by atoms with E-state index < -0.39 is 0 Å². The van der Waals surface area contributed by atoms with Gasteiger partial charge in [0.1, 0.15) is 0 Å². The standard InChI is InChI=1S/C43H56N4O6/c1-7-8-10-15-36-30-44-41(47(36)25-27-53-26-18-32(2)3)39(48)33-16-21-45(22-17-33)23-19-43(35-13-11-9-12-14-35)20-24-46(31-43)42(49)34-28-37(50-4)40(52-6)38(29-34)51-5/h7-15,18,28-30,33H,16-17,19-27,31H2,1-6H3. The molecule has 3 aromatic rings. The zero-order valence-electron chi connectivity index (χ0n) is 32.3. The van der Waals surface area contributed by atoms with Crippen LogP contribution in [0, 0.1) is 5.92 Å². The smallest absolute Gasteiger partial charge is 0.254 e. The van der Waals surface area contributed by atoms with Crippen molar-refractivity contribution in [1.29, 1.82) is 0 Å². The molecule has 10 nitrogen and oxygen atoms in total. The summed E-state index contributed by atoms with van der Waals surface area (Å²) in [5.74, 6) is 1.87. The quantitative estimate of drug-likeness (QED) is 0.0622.